The molecule has 4 rings (SSSR count). The number of carbonyl (C=O) groups is 1. The highest BCUT2D eigenvalue weighted by atomic mass is 16.5. The number of hydrogen-bond acceptors (Lipinski definition) is 4. The van der Waals surface area contributed by atoms with E-state index in [2.05, 4.69) is 26.8 Å². The molecule has 8 unspecified atom stereocenters. The van der Waals surface area contributed by atoms with Crippen LogP contribution in [0.1, 0.15) is 86.0 Å². The third-order valence-electron chi connectivity index (χ3n) is 9.93. The molecule has 0 aromatic rings. The number of rotatable bonds is 4. The smallest absolute Gasteiger partial charge is 0.323 e. The molecule has 3 N–H and O–H groups in total. The molecule has 4 aliphatic carbocycles. The summed E-state index contributed by atoms with van der Waals surface area (Å²) in [6.45, 7) is 11.0. The summed E-state index contributed by atoms with van der Waals surface area (Å²) in [5, 5.41) is 8.14. The molecule has 30 heavy (non-hydrogen) atoms. The van der Waals surface area contributed by atoms with Crippen LogP contribution < -0.4 is 5.73 Å². The van der Waals surface area contributed by atoms with Crippen LogP contribution in [0.25, 0.3) is 0 Å². The zero-order valence-electron chi connectivity index (χ0n) is 19.7. The van der Waals surface area contributed by atoms with Crippen molar-refractivity contribution in [2.75, 3.05) is 0 Å². The highest BCUT2D eigenvalue weighted by Gasteiger charge is 2.59. The molecule has 4 heteroatoms. The quantitative estimate of drug-likeness (QED) is 0.596. The second-order valence-corrected chi connectivity index (χ2v) is 11.7. The Bertz CT molecular complexity index is 743. The van der Waals surface area contributed by atoms with Crippen molar-refractivity contribution in [2.45, 2.75) is 98.1 Å². The lowest BCUT2D eigenvalue weighted by Gasteiger charge is -2.58. The van der Waals surface area contributed by atoms with Gasteiger partial charge >= 0.3 is 5.97 Å². The van der Waals surface area contributed by atoms with Crippen LogP contribution >= 0.6 is 0 Å². The van der Waals surface area contributed by atoms with Crippen molar-refractivity contribution in [3.05, 3.63) is 11.6 Å². The lowest BCUT2D eigenvalue weighted by Crippen LogP contribution is -2.51. The fourth-order valence-corrected chi connectivity index (χ4v) is 8.01. The average Bonchev–Trinajstić information content (AvgIpc) is 3.05. The average molecular weight is 415 g/mol. The Hall–Kier alpha value is -1.16. The third-order valence-corrected chi connectivity index (χ3v) is 9.93. The lowest BCUT2D eigenvalue weighted by atomic mass is 9.46. The predicted molar refractivity (Wildman–Crippen MR) is 121 cm³/mol. The summed E-state index contributed by atoms with van der Waals surface area (Å²) >= 11 is 0. The van der Waals surface area contributed by atoms with Gasteiger partial charge in [-0.3, -0.25) is 4.79 Å². The maximum absolute atomic E-state index is 12.5. The van der Waals surface area contributed by atoms with Gasteiger partial charge in [0.15, 0.2) is 0 Å². The number of nitrogens with two attached hydrogens (primary N) is 1. The molecule has 0 aromatic heterocycles. The minimum atomic E-state index is -0.526. The largest absolute Gasteiger partial charge is 0.461 e. The van der Waals surface area contributed by atoms with Crippen molar-refractivity contribution in [1.82, 2.24) is 0 Å². The van der Waals surface area contributed by atoms with Gasteiger partial charge in [-0.05, 0) is 98.9 Å². The summed E-state index contributed by atoms with van der Waals surface area (Å²) in [5.41, 5.74) is 9.01. The number of nitrogens with one attached hydrogen (secondary N) is 1. The van der Waals surface area contributed by atoms with Crippen LogP contribution in [-0.2, 0) is 9.53 Å². The van der Waals surface area contributed by atoms with E-state index in [-0.39, 0.29) is 23.4 Å². The molecule has 4 aliphatic rings. The summed E-state index contributed by atoms with van der Waals surface area (Å²) in [5.74, 6) is 2.59. The van der Waals surface area contributed by atoms with Crippen LogP contribution in [0.2, 0.25) is 0 Å². The van der Waals surface area contributed by atoms with Crippen LogP contribution in [0.4, 0.5) is 0 Å². The lowest BCUT2D eigenvalue weighted by molar-refractivity contribution is -0.157. The third kappa shape index (κ3) is 3.38. The minimum absolute atomic E-state index is 0.0568. The van der Waals surface area contributed by atoms with E-state index < -0.39 is 6.04 Å². The van der Waals surface area contributed by atoms with Crippen molar-refractivity contribution in [2.24, 2.45) is 46.2 Å². The molecule has 0 radical (unpaired) electrons. The van der Waals surface area contributed by atoms with Gasteiger partial charge in [-0.2, -0.15) is 0 Å². The molecule has 3 fully saturated rings. The first-order valence-electron chi connectivity index (χ1n) is 12.3. The van der Waals surface area contributed by atoms with Crippen molar-refractivity contribution < 1.29 is 9.53 Å². The van der Waals surface area contributed by atoms with Gasteiger partial charge < -0.3 is 15.9 Å². The van der Waals surface area contributed by atoms with Gasteiger partial charge in [0.25, 0.3) is 0 Å². The summed E-state index contributed by atoms with van der Waals surface area (Å²) in [6.07, 6.45) is 11.7. The number of carbonyl (C=O) groups excluding carboxylic acids is 1. The number of ether oxygens (including phenoxy) is 1. The predicted octanol–water partition coefficient (Wildman–Crippen LogP) is 5.50. The molecule has 8 atom stereocenters. The summed E-state index contributed by atoms with van der Waals surface area (Å²) < 4.78 is 5.93. The van der Waals surface area contributed by atoms with Crippen molar-refractivity contribution in [3.63, 3.8) is 0 Å². The number of esters is 1. The van der Waals surface area contributed by atoms with E-state index in [1.54, 1.807) is 5.57 Å². The first-order valence-corrected chi connectivity index (χ1v) is 12.3. The number of fused-ring (bicyclic) bond motifs is 5. The van der Waals surface area contributed by atoms with Crippen LogP contribution in [0, 0.1) is 45.8 Å². The van der Waals surface area contributed by atoms with E-state index in [4.69, 9.17) is 15.9 Å². The Balaban J connectivity index is 1.51. The number of hydrogen-bond donors (Lipinski definition) is 2. The summed E-state index contributed by atoms with van der Waals surface area (Å²) in [7, 11) is 0. The zero-order chi connectivity index (χ0) is 21.8. The molecule has 0 amide bonds. The molecule has 4 nitrogen and oxygen atoms in total. The molecular formula is C26H42N2O2. The molecule has 0 aromatic carbocycles. The Morgan fingerprint density at radius 2 is 1.83 bits per heavy atom. The zero-order valence-corrected chi connectivity index (χ0v) is 19.7. The van der Waals surface area contributed by atoms with Gasteiger partial charge in [0.1, 0.15) is 12.1 Å². The Kier molecular flexibility index (Phi) is 5.70. The molecule has 0 spiro atoms. The summed E-state index contributed by atoms with van der Waals surface area (Å²) in [4.78, 5) is 12.5. The molecule has 3 saturated carbocycles. The van der Waals surface area contributed by atoms with E-state index in [9.17, 15) is 4.79 Å². The van der Waals surface area contributed by atoms with E-state index in [0.717, 1.165) is 36.3 Å². The van der Waals surface area contributed by atoms with Gasteiger partial charge in [0.05, 0.1) is 0 Å². The highest BCUT2D eigenvalue weighted by molar-refractivity contribution is 5.94. The van der Waals surface area contributed by atoms with Gasteiger partial charge in [-0.15, -0.1) is 0 Å². The van der Waals surface area contributed by atoms with E-state index in [0.29, 0.717) is 11.3 Å². The van der Waals surface area contributed by atoms with Crippen LogP contribution in [0.5, 0.6) is 0 Å². The Morgan fingerprint density at radius 3 is 2.53 bits per heavy atom. The first kappa shape index (κ1) is 22.0. The minimum Gasteiger partial charge on any atom is -0.461 e. The van der Waals surface area contributed by atoms with Crippen molar-refractivity contribution in [3.8, 4) is 0 Å². The van der Waals surface area contributed by atoms with E-state index in [1.807, 2.05) is 13.8 Å². The van der Waals surface area contributed by atoms with Crippen LogP contribution in [-0.4, -0.2) is 23.8 Å². The SMILES string of the molecule is CC(C)C(N)C(=O)OC(C)C1CCC2C3CCC4=CC(=N)CCC4(C)C3CCC12C. The van der Waals surface area contributed by atoms with Crippen molar-refractivity contribution in [1.29, 1.82) is 5.41 Å². The number of allylic oxidation sites excluding steroid dienone is 2. The Labute approximate surface area is 182 Å². The van der Waals surface area contributed by atoms with E-state index in [1.165, 1.54) is 38.5 Å². The summed E-state index contributed by atoms with van der Waals surface area (Å²) in [6, 6.07) is -0.526. The fraction of sp³-hybridized carbons (Fsp3) is 0.846. The normalized spacial score (nSPS) is 42.6. The van der Waals surface area contributed by atoms with Gasteiger partial charge in [0.2, 0.25) is 0 Å². The standard InChI is InChI=1S/C26H42N2O2/c1-15(2)23(28)24(29)30-16(3)20-8-9-21-19-7-6-17-14-18(27)10-12-25(17,4)22(19)11-13-26(20,21)5/h14-16,19-23,27H,6-13,28H2,1-5H3. The first-order chi connectivity index (χ1) is 14.1. The molecule has 0 aliphatic heterocycles. The monoisotopic (exact) mass is 414 g/mol. The molecule has 168 valence electrons. The highest BCUT2D eigenvalue weighted by Crippen LogP contribution is 2.67. The molecule has 0 heterocycles. The van der Waals surface area contributed by atoms with Crippen LogP contribution in [0.3, 0.4) is 0 Å². The molecule has 0 bridgehead atoms. The van der Waals surface area contributed by atoms with Crippen molar-refractivity contribution >= 4 is 11.7 Å². The van der Waals surface area contributed by atoms with Gasteiger partial charge in [-0.1, -0.05) is 33.3 Å². The van der Waals surface area contributed by atoms with Crippen LogP contribution in [0.15, 0.2) is 11.6 Å². The second kappa shape index (κ2) is 7.76. The van der Waals surface area contributed by atoms with Gasteiger partial charge in [-0.25, -0.2) is 0 Å². The molecular weight excluding hydrogens is 372 g/mol. The maximum atomic E-state index is 12.5. The fourth-order valence-electron chi connectivity index (χ4n) is 8.01. The topological polar surface area (TPSA) is 76.2 Å². The Morgan fingerprint density at radius 1 is 1.10 bits per heavy atom. The maximum Gasteiger partial charge on any atom is 0.323 e. The second-order valence-electron chi connectivity index (χ2n) is 11.7. The van der Waals surface area contributed by atoms with Gasteiger partial charge in [0, 0.05) is 11.6 Å². The molecule has 0 saturated heterocycles. The van der Waals surface area contributed by atoms with E-state index >= 15 is 0 Å².